The fourth-order valence-corrected chi connectivity index (χ4v) is 3.92. The Kier molecular flexibility index (Phi) is 6.97. The molecule has 1 aliphatic rings. The zero-order chi connectivity index (χ0) is 24.0. The summed E-state index contributed by atoms with van der Waals surface area (Å²) in [7, 11) is 0. The van der Waals surface area contributed by atoms with Gasteiger partial charge in [-0.1, -0.05) is 18.2 Å². The second-order valence-electron chi connectivity index (χ2n) is 8.40. The topological polar surface area (TPSA) is 89.0 Å². The van der Waals surface area contributed by atoms with Crippen LogP contribution in [-0.4, -0.2) is 56.1 Å². The Hall–Kier alpha value is -3.82. The number of pyridine rings is 1. The van der Waals surface area contributed by atoms with E-state index in [9.17, 15) is 4.39 Å². The average Bonchev–Trinajstić information content (AvgIpc) is 2.87. The van der Waals surface area contributed by atoms with E-state index >= 15 is 0 Å². The average molecular weight is 472 g/mol. The molecule has 0 spiro atoms. The number of benzene rings is 1. The third-order valence-corrected chi connectivity index (χ3v) is 5.71. The largest absolute Gasteiger partial charge is 0.379 e. The van der Waals surface area contributed by atoms with Crippen LogP contribution in [0.15, 0.2) is 60.9 Å². The third-order valence-electron chi connectivity index (χ3n) is 5.71. The summed E-state index contributed by atoms with van der Waals surface area (Å²) in [6.07, 6.45) is 3.78. The van der Waals surface area contributed by atoms with Crippen molar-refractivity contribution < 1.29 is 9.13 Å². The van der Waals surface area contributed by atoms with Crippen LogP contribution in [0.1, 0.15) is 22.6 Å². The number of hydrogen-bond donors (Lipinski definition) is 1. The molecule has 0 unspecified atom stereocenters. The van der Waals surface area contributed by atoms with Gasteiger partial charge in [-0.15, -0.1) is 0 Å². The molecule has 0 saturated carbocycles. The van der Waals surface area contributed by atoms with Gasteiger partial charge in [-0.2, -0.15) is 0 Å². The van der Waals surface area contributed by atoms with Crippen LogP contribution >= 0.6 is 0 Å². The van der Waals surface area contributed by atoms with Gasteiger partial charge in [0.25, 0.3) is 0 Å². The predicted molar refractivity (Wildman–Crippen MR) is 131 cm³/mol. The summed E-state index contributed by atoms with van der Waals surface area (Å²) >= 11 is 0. The molecule has 0 atom stereocenters. The van der Waals surface area contributed by atoms with Crippen molar-refractivity contribution in [2.75, 3.05) is 31.6 Å². The Bertz CT molecular complexity index is 1310. The molecule has 1 aliphatic heterocycles. The number of aromatic nitrogens is 5. The Morgan fingerprint density at radius 2 is 1.74 bits per heavy atom. The molecule has 3 aromatic heterocycles. The number of anilines is 2. The minimum absolute atomic E-state index is 0.207. The van der Waals surface area contributed by atoms with Gasteiger partial charge in [-0.05, 0) is 42.8 Å². The third kappa shape index (κ3) is 6.00. The van der Waals surface area contributed by atoms with E-state index in [2.05, 4.69) is 35.1 Å². The molecule has 35 heavy (non-hydrogen) atoms. The van der Waals surface area contributed by atoms with Crippen LogP contribution in [0.5, 0.6) is 0 Å². The molecule has 8 nitrogen and oxygen atoms in total. The molecule has 178 valence electrons. The van der Waals surface area contributed by atoms with Gasteiger partial charge in [0.2, 0.25) is 0 Å². The highest BCUT2D eigenvalue weighted by Gasteiger charge is 2.14. The smallest absolute Gasteiger partial charge is 0.180 e. The molecule has 0 radical (unpaired) electrons. The number of nitrogens with zero attached hydrogens (tertiary/aromatic N) is 6. The first-order valence-corrected chi connectivity index (χ1v) is 11.6. The van der Waals surface area contributed by atoms with E-state index in [0.29, 0.717) is 60.7 Å². The molecule has 1 aromatic carbocycles. The van der Waals surface area contributed by atoms with Gasteiger partial charge in [-0.25, -0.2) is 29.3 Å². The summed E-state index contributed by atoms with van der Waals surface area (Å²) in [6, 6.07) is 14.6. The van der Waals surface area contributed by atoms with E-state index in [1.807, 2.05) is 37.3 Å². The van der Waals surface area contributed by atoms with Crippen molar-refractivity contribution in [3.63, 3.8) is 0 Å². The highest BCUT2D eigenvalue weighted by atomic mass is 19.1. The summed E-state index contributed by atoms with van der Waals surface area (Å²) in [4.78, 5) is 24.5. The van der Waals surface area contributed by atoms with E-state index in [-0.39, 0.29) is 5.82 Å². The molecule has 1 saturated heterocycles. The lowest BCUT2D eigenvalue weighted by atomic mass is 10.1. The summed E-state index contributed by atoms with van der Waals surface area (Å²) < 4.78 is 20.1. The standard InChI is InChI=1S/C26H26FN7O/c1-18-3-2-4-22(30-18)26-29-10-8-24(33-26)31-23-7-9-28-25(32-23)16-19-5-6-20(21(27)15-19)17-34-11-13-35-14-12-34/h2-10,15H,11-14,16-17H2,1H3,(H,28,29,31,32,33). The van der Waals surface area contributed by atoms with Crippen molar-refractivity contribution in [2.45, 2.75) is 19.9 Å². The second kappa shape index (κ2) is 10.6. The molecular formula is C26H26FN7O. The number of rotatable bonds is 7. The van der Waals surface area contributed by atoms with Crippen molar-refractivity contribution in [2.24, 2.45) is 0 Å². The number of halogens is 1. The van der Waals surface area contributed by atoms with Gasteiger partial charge in [0, 0.05) is 49.7 Å². The summed E-state index contributed by atoms with van der Waals surface area (Å²) in [6.45, 7) is 5.55. The van der Waals surface area contributed by atoms with Gasteiger partial charge >= 0.3 is 0 Å². The SMILES string of the molecule is Cc1cccc(-c2nccc(Nc3ccnc(Cc4ccc(CN5CCOCC5)c(F)c4)n3)n2)n1. The fourth-order valence-electron chi connectivity index (χ4n) is 3.92. The summed E-state index contributed by atoms with van der Waals surface area (Å²) in [5, 5.41) is 3.20. The second-order valence-corrected chi connectivity index (χ2v) is 8.40. The quantitative estimate of drug-likeness (QED) is 0.434. The Balaban J connectivity index is 1.26. The number of hydrogen-bond acceptors (Lipinski definition) is 8. The first kappa shape index (κ1) is 22.9. The Morgan fingerprint density at radius 3 is 2.54 bits per heavy atom. The molecule has 0 amide bonds. The van der Waals surface area contributed by atoms with Gasteiger partial charge in [0.05, 0.1) is 13.2 Å². The molecule has 5 rings (SSSR count). The normalized spacial score (nSPS) is 14.1. The Labute approximate surface area is 203 Å². The molecule has 9 heteroatoms. The first-order valence-electron chi connectivity index (χ1n) is 11.6. The van der Waals surface area contributed by atoms with E-state index in [1.54, 1.807) is 30.6 Å². The highest BCUT2D eigenvalue weighted by Crippen LogP contribution is 2.19. The zero-order valence-electron chi connectivity index (χ0n) is 19.5. The predicted octanol–water partition coefficient (Wildman–Crippen LogP) is 3.94. The van der Waals surface area contributed by atoms with Crippen LogP contribution in [0.3, 0.4) is 0 Å². The molecule has 4 aromatic rings. The molecule has 4 heterocycles. The van der Waals surface area contributed by atoms with E-state index < -0.39 is 0 Å². The molecular weight excluding hydrogens is 445 g/mol. The van der Waals surface area contributed by atoms with Gasteiger partial charge < -0.3 is 10.1 Å². The summed E-state index contributed by atoms with van der Waals surface area (Å²) in [5.41, 5.74) is 3.11. The monoisotopic (exact) mass is 471 g/mol. The lowest BCUT2D eigenvalue weighted by Crippen LogP contribution is -2.35. The molecule has 1 N–H and O–H groups in total. The molecule has 0 aliphatic carbocycles. The minimum atomic E-state index is -0.207. The lowest BCUT2D eigenvalue weighted by molar-refractivity contribution is 0.0337. The lowest BCUT2D eigenvalue weighted by Gasteiger charge is -2.26. The number of morpholine rings is 1. The maximum absolute atomic E-state index is 14.7. The van der Waals surface area contributed by atoms with Gasteiger partial charge in [0.1, 0.15) is 29.0 Å². The van der Waals surface area contributed by atoms with Crippen molar-refractivity contribution in [1.29, 1.82) is 0 Å². The first-order chi connectivity index (χ1) is 17.1. The van der Waals surface area contributed by atoms with Crippen LogP contribution in [0.4, 0.5) is 16.0 Å². The molecule has 0 bridgehead atoms. The maximum Gasteiger partial charge on any atom is 0.180 e. The van der Waals surface area contributed by atoms with Gasteiger partial charge in [0.15, 0.2) is 5.82 Å². The zero-order valence-corrected chi connectivity index (χ0v) is 19.5. The van der Waals surface area contributed by atoms with Crippen LogP contribution in [0.25, 0.3) is 11.5 Å². The van der Waals surface area contributed by atoms with E-state index in [0.717, 1.165) is 24.3 Å². The van der Waals surface area contributed by atoms with Crippen LogP contribution < -0.4 is 5.32 Å². The van der Waals surface area contributed by atoms with Crippen molar-refractivity contribution in [3.8, 4) is 11.5 Å². The van der Waals surface area contributed by atoms with Crippen molar-refractivity contribution in [3.05, 3.63) is 89.4 Å². The molecule has 1 fully saturated rings. The van der Waals surface area contributed by atoms with Gasteiger partial charge in [-0.3, -0.25) is 4.90 Å². The van der Waals surface area contributed by atoms with E-state index in [4.69, 9.17) is 4.74 Å². The van der Waals surface area contributed by atoms with Crippen LogP contribution in [0, 0.1) is 12.7 Å². The minimum Gasteiger partial charge on any atom is -0.379 e. The number of aryl methyl sites for hydroxylation is 1. The van der Waals surface area contributed by atoms with Crippen LogP contribution in [-0.2, 0) is 17.7 Å². The van der Waals surface area contributed by atoms with E-state index in [1.165, 1.54) is 0 Å². The Morgan fingerprint density at radius 1 is 0.943 bits per heavy atom. The fraction of sp³-hybridized carbons (Fsp3) is 0.269. The number of ether oxygens (including phenoxy) is 1. The maximum atomic E-state index is 14.7. The van der Waals surface area contributed by atoms with Crippen molar-refractivity contribution >= 4 is 11.6 Å². The van der Waals surface area contributed by atoms with Crippen LogP contribution in [0.2, 0.25) is 0 Å². The highest BCUT2D eigenvalue weighted by molar-refractivity contribution is 5.56. The summed E-state index contributed by atoms with van der Waals surface area (Å²) in [5.74, 6) is 2.11. The number of nitrogens with one attached hydrogen (secondary N) is 1. The van der Waals surface area contributed by atoms with Crippen molar-refractivity contribution in [1.82, 2.24) is 29.8 Å².